The average Bonchev–Trinajstić information content (AvgIpc) is 2.55. The number of rotatable bonds is 6. The largest absolute Gasteiger partial charge is 0.481 e. The minimum absolute atomic E-state index is 0.131. The van der Waals surface area contributed by atoms with Gasteiger partial charge in [-0.05, 0) is 29.7 Å². The molecule has 0 aromatic heterocycles. The van der Waals surface area contributed by atoms with Crippen LogP contribution in [-0.2, 0) is 16.1 Å². The number of carboxylic acids is 1. The van der Waals surface area contributed by atoms with E-state index in [9.17, 15) is 9.59 Å². The van der Waals surface area contributed by atoms with Crippen LogP contribution < -0.4 is 5.32 Å². The molecule has 24 heavy (non-hydrogen) atoms. The lowest BCUT2D eigenvalue weighted by Crippen LogP contribution is -2.30. The maximum absolute atomic E-state index is 12.0. The molecule has 0 bridgehead atoms. The maximum Gasteiger partial charge on any atom is 0.407 e. The van der Waals surface area contributed by atoms with Gasteiger partial charge in [0, 0.05) is 4.47 Å². The molecule has 0 saturated heterocycles. The van der Waals surface area contributed by atoms with Gasteiger partial charge in [-0.15, -0.1) is 0 Å². The molecule has 0 aliphatic carbocycles. The van der Waals surface area contributed by atoms with E-state index in [0.717, 1.165) is 21.2 Å². The fourth-order valence-corrected chi connectivity index (χ4v) is 2.47. The van der Waals surface area contributed by atoms with E-state index in [1.807, 2.05) is 49.4 Å². The lowest BCUT2D eigenvalue weighted by Gasteiger charge is -2.18. The van der Waals surface area contributed by atoms with Gasteiger partial charge in [-0.3, -0.25) is 4.79 Å². The topological polar surface area (TPSA) is 75.6 Å². The number of aryl methyl sites for hydroxylation is 1. The van der Waals surface area contributed by atoms with Gasteiger partial charge in [0.1, 0.15) is 6.61 Å². The van der Waals surface area contributed by atoms with Crippen LogP contribution in [0.3, 0.4) is 0 Å². The third-order valence-corrected chi connectivity index (χ3v) is 4.36. The number of carbonyl (C=O) groups excluding carboxylic acids is 1. The zero-order valence-corrected chi connectivity index (χ0v) is 14.7. The second kappa shape index (κ2) is 8.49. The smallest absolute Gasteiger partial charge is 0.407 e. The summed E-state index contributed by atoms with van der Waals surface area (Å²) in [5.41, 5.74) is 2.54. The Bertz CT molecular complexity index is 718. The number of amides is 1. The van der Waals surface area contributed by atoms with E-state index in [4.69, 9.17) is 9.84 Å². The van der Waals surface area contributed by atoms with Crippen molar-refractivity contribution < 1.29 is 19.4 Å². The van der Waals surface area contributed by atoms with Gasteiger partial charge < -0.3 is 15.2 Å². The van der Waals surface area contributed by atoms with Gasteiger partial charge in [-0.1, -0.05) is 58.4 Å². The van der Waals surface area contributed by atoms with E-state index in [1.165, 1.54) is 0 Å². The molecule has 0 aliphatic rings. The van der Waals surface area contributed by atoms with Crippen molar-refractivity contribution in [2.24, 2.45) is 0 Å². The molecule has 1 amide bonds. The molecule has 2 aromatic rings. The van der Waals surface area contributed by atoms with Crippen LogP contribution in [0.1, 0.15) is 29.2 Å². The summed E-state index contributed by atoms with van der Waals surface area (Å²) in [5, 5.41) is 11.7. The van der Waals surface area contributed by atoms with Crippen LogP contribution >= 0.6 is 15.9 Å². The Balaban J connectivity index is 2.03. The second-order valence-electron chi connectivity index (χ2n) is 5.37. The number of aliphatic carboxylic acids is 1. The number of nitrogens with one attached hydrogen (secondary N) is 1. The lowest BCUT2D eigenvalue weighted by atomic mass is 10.0. The molecule has 0 spiro atoms. The number of ether oxygens (including phenoxy) is 1. The highest BCUT2D eigenvalue weighted by molar-refractivity contribution is 9.10. The summed E-state index contributed by atoms with van der Waals surface area (Å²) in [7, 11) is 0. The van der Waals surface area contributed by atoms with E-state index >= 15 is 0 Å². The molecule has 0 unspecified atom stereocenters. The summed E-state index contributed by atoms with van der Waals surface area (Å²) in [4.78, 5) is 23.1. The van der Waals surface area contributed by atoms with Crippen molar-refractivity contribution in [1.82, 2.24) is 5.32 Å². The highest BCUT2D eigenvalue weighted by Gasteiger charge is 2.19. The van der Waals surface area contributed by atoms with E-state index in [-0.39, 0.29) is 13.0 Å². The van der Waals surface area contributed by atoms with Crippen LogP contribution in [0.15, 0.2) is 53.0 Å². The van der Waals surface area contributed by atoms with E-state index in [2.05, 4.69) is 21.2 Å². The molecule has 2 aromatic carbocycles. The van der Waals surface area contributed by atoms with E-state index < -0.39 is 18.1 Å². The summed E-state index contributed by atoms with van der Waals surface area (Å²) in [6.45, 7) is 2.03. The highest BCUT2D eigenvalue weighted by atomic mass is 79.9. The molecular formula is C18H18BrNO4. The molecule has 2 N–H and O–H groups in total. The minimum atomic E-state index is -0.996. The first kappa shape index (κ1) is 18.0. The van der Waals surface area contributed by atoms with Crippen LogP contribution in [0.5, 0.6) is 0 Å². The van der Waals surface area contributed by atoms with Crippen molar-refractivity contribution in [3.8, 4) is 0 Å². The van der Waals surface area contributed by atoms with Crippen LogP contribution in [-0.4, -0.2) is 17.2 Å². The van der Waals surface area contributed by atoms with Gasteiger partial charge in [0.25, 0.3) is 0 Å². The summed E-state index contributed by atoms with van der Waals surface area (Å²) < 4.78 is 6.09. The third kappa shape index (κ3) is 5.38. The SMILES string of the molecule is Cc1cc([C@@H](CC(=O)O)NC(=O)OCc2ccccc2)ccc1Br. The average molecular weight is 392 g/mol. The monoisotopic (exact) mass is 391 g/mol. The Hall–Kier alpha value is -2.34. The zero-order valence-electron chi connectivity index (χ0n) is 13.2. The third-order valence-electron chi connectivity index (χ3n) is 3.47. The van der Waals surface area contributed by atoms with Gasteiger partial charge in [0.15, 0.2) is 0 Å². The van der Waals surface area contributed by atoms with E-state index in [1.54, 1.807) is 6.07 Å². The van der Waals surface area contributed by atoms with Crippen molar-refractivity contribution in [3.05, 3.63) is 69.7 Å². The number of halogens is 1. The fourth-order valence-electron chi connectivity index (χ4n) is 2.22. The molecule has 0 heterocycles. The molecule has 5 nitrogen and oxygen atoms in total. The van der Waals surface area contributed by atoms with Gasteiger partial charge in [-0.25, -0.2) is 4.79 Å². The normalized spacial score (nSPS) is 11.6. The highest BCUT2D eigenvalue weighted by Crippen LogP contribution is 2.23. The molecular weight excluding hydrogens is 374 g/mol. The fraction of sp³-hybridized carbons (Fsp3) is 0.222. The van der Waals surface area contributed by atoms with Gasteiger partial charge in [0.2, 0.25) is 0 Å². The molecule has 0 saturated carbocycles. The maximum atomic E-state index is 12.0. The first-order valence-electron chi connectivity index (χ1n) is 7.41. The minimum Gasteiger partial charge on any atom is -0.481 e. The Kier molecular flexibility index (Phi) is 6.37. The predicted octanol–water partition coefficient (Wildman–Crippen LogP) is 4.20. The van der Waals surface area contributed by atoms with Crippen molar-refractivity contribution in [1.29, 1.82) is 0 Å². The van der Waals surface area contributed by atoms with Crippen LogP contribution in [0.2, 0.25) is 0 Å². The number of benzene rings is 2. The predicted molar refractivity (Wildman–Crippen MR) is 93.6 cm³/mol. The number of alkyl carbamates (subject to hydrolysis) is 1. The first-order chi connectivity index (χ1) is 11.5. The molecule has 1 atom stereocenters. The van der Waals surface area contributed by atoms with Gasteiger partial charge >= 0.3 is 12.1 Å². The van der Waals surface area contributed by atoms with Crippen molar-refractivity contribution >= 4 is 28.0 Å². The van der Waals surface area contributed by atoms with Crippen LogP contribution in [0.25, 0.3) is 0 Å². The van der Waals surface area contributed by atoms with E-state index in [0.29, 0.717) is 0 Å². The quantitative estimate of drug-likeness (QED) is 0.773. The lowest BCUT2D eigenvalue weighted by molar-refractivity contribution is -0.137. The Morgan fingerprint density at radius 3 is 2.54 bits per heavy atom. The number of hydrogen-bond acceptors (Lipinski definition) is 3. The van der Waals surface area contributed by atoms with Gasteiger partial charge in [0.05, 0.1) is 12.5 Å². The summed E-state index contributed by atoms with van der Waals surface area (Å²) in [5.74, 6) is -0.996. The Morgan fingerprint density at radius 2 is 1.92 bits per heavy atom. The summed E-state index contributed by atoms with van der Waals surface area (Å²) in [6, 6.07) is 14.1. The zero-order chi connectivity index (χ0) is 17.5. The van der Waals surface area contributed by atoms with Crippen molar-refractivity contribution in [2.75, 3.05) is 0 Å². The molecule has 126 valence electrons. The van der Waals surface area contributed by atoms with Crippen LogP contribution in [0, 0.1) is 6.92 Å². The first-order valence-corrected chi connectivity index (χ1v) is 8.20. The molecule has 0 radical (unpaired) electrons. The molecule has 0 fully saturated rings. The Morgan fingerprint density at radius 1 is 1.21 bits per heavy atom. The second-order valence-corrected chi connectivity index (χ2v) is 6.22. The van der Waals surface area contributed by atoms with Gasteiger partial charge in [-0.2, -0.15) is 0 Å². The number of carboxylic acid groups (broad SMARTS) is 1. The molecule has 6 heteroatoms. The Labute approximate surface area is 148 Å². The molecule has 2 rings (SSSR count). The van der Waals surface area contributed by atoms with Crippen molar-refractivity contribution in [2.45, 2.75) is 26.0 Å². The summed E-state index contributed by atoms with van der Waals surface area (Å²) in [6.07, 6.45) is -0.868. The standard InChI is InChI=1S/C18H18BrNO4/c1-12-9-14(7-8-15(12)19)16(10-17(21)22)20-18(23)24-11-13-5-3-2-4-6-13/h2-9,16H,10-11H2,1H3,(H,20,23)(H,21,22)/t16-/m1/s1. The number of carbonyl (C=O) groups is 2. The summed E-state index contributed by atoms with van der Waals surface area (Å²) >= 11 is 3.40. The molecule has 0 aliphatic heterocycles. The number of hydrogen-bond donors (Lipinski definition) is 2. The van der Waals surface area contributed by atoms with Crippen LogP contribution in [0.4, 0.5) is 4.79 Å². The van der Waals surface area contributed by atoms with Crippen molar-refractivity contribution in [3.63, 3.8) is 0 Å².